The summed E-state index contributed by atoms with van der Waals surface area (Å²) in [5, 5.41) is 12.0. The van der Waals surface area contributed by atoms with Crippen molar-refractivity contribution in [2.45, 2.75) is 27.3 Å². The topological polar surface area (TPSA) is 58.5 Å². The highest BCUT2D eigenvalue weighted by molar-refractivity contribution is 7.11. The molecule has 0 saturated heterocycles. The van der Waals surface area contributed by atoms with E-state index in [4.69, 9.17) is 0 Å². The number of nitrogens with zero attached hydrogens (tertiary/aromatic N) is 3. The maximum Gasteiger partial charge on any atom is 0.354 e. The van der Waals surface area contributed by atoms with Crippen LogP contribution in [0.2, 0.25) is 0 Å². The van der Waals surface area contributed by atoms with Crippen molar-refractivity contribution in [3.8, 4) is 17.0 Å². The number of thiazole rings is 1. The number of aryl methyl sites for hydroxylation is 3. The van der Waals surface area contributed by atoms with E-state index in [0.29, 0.717) is 17.8 Å². The maximum atomic E-state index is 14.8. The summed E-state index contributed by atoms with van der Waals surface area (Å²) in [4.78, 5) is 18.4. The van der Waals surface area contributed by atoms with E-state index in [9.17, 15) is 14.3 Å². The molecular formula is C21H19FN3O2S+. The SMILES string of the molecule is Cc1ncc(C[n+]2c(O)c(-c3cccc(C)c3F)c(=O)n3cccc(C)c32)s1. The zero-order valence-corrected chi connectivity index (χ0v) is 16.5. The standard InChI is InChI=1S/C21H18FN3O2S/c1-12-6-4-8-16(18(12)22)17-20(26)24-9-5-7-13(2)19(24)25(21(17)27)11-15-10-23-14(3)28-15/h4-10H,11H2,1-3H3/p+1. The predicted octanol–water partition coefficient (Wildman–Crippen LogP) is 3.53. The number of fused-ring (bicyclic) bond motifs is 1. The quantitative estimate of drug-likeness (QED) is 0.539. The number of benzene rings is 1. The third kappa shape index (κ3) is 2.88. The third-order valence-electron chi connectivity index (χ3n) is 4.77. The van der Waals surface area contributed by atoms with Gasteiger partial charge in [-0.3, -0.25) is 0 Å². The molecule has 0 spiro atoms. The number of hydrogen-bond acceptors (Lipinski definition) is 4. The second kappa shape index (κ2) is 6.83. The van der Waals surface area contributed by atoms with E-state index in [1.165, 1.54) is 21.8 Å². The van der Waals surface area contributed by atoms with Crippen molar-refractivity contribution < 1.29 is 14.1 Å². The molecule has 0 bridgehead atoms. The Morgan fingerprint density at radius 3 is 2.64 bits per heavy atom. The van der Waals surface area contributed by atoms with E-state index in [-0.39, 0.29) is 17.0 Å². The van der Waals surface area contributed by atoms with Crippen LogP contribution in [0.25, 0.3) is 16.8 Å². The smallest absolute Gasteiger partial charge is 0.354 e. The fraction of sp³-hybridized carbons (Fsp3) is 0.190. The molecule has 28 heavy (non-hydrogen) atoms. The van der Waals surface area contributed by atoms with E-state index >= 15 is 0 Å². The fourth-order valence-corrected chi connectivity index (χ4v) is 4.21. The van der Waals surface area contributed by atoms with E-state index in [1.807, 2.05) is 19.9 Å². The first kappa shape index (κ1) is 18.3. The first-order chi connectivity index (χ1) is 13.4. The lowest BCUT2D eigenvalue weighted by Gasteiger charge is -2.11. The van der Waals surface area contributed by atoms with Gasteiger partial charge in [-0.15, -0.1) is 11.3 Å². The molecule has 4 rings (SSSR count). The highest BCUT2D eigenvalue weighted by atomic mass is 32.1. The van der Waals surface area contributed by atoms with Gasteiger partial charge in [-0.1, -0.05) is 18.2 Å². The summed E-state index contributed by atoms with van der Waals surface area (Å²) in [6, 6.07) is 8.46. The highest BCUT2D eigenvalue weighted by Crippen LogP contribution is 2.28. The van der Waals surface area contributed by atoms with Gasteiger partial charge in [0.05, 0.1) is 16.1 Å². The minimum Gasteiger partial charge on any atom is -0.477 e. The van der Waals surface area contributed by atoms with Crippen molar-refractivity contribution in [1.82, 2.24) is 9.38 Å². The Hall–Kier alpha value is -3.06. The van der Waals surface area contributed by atoms with Gasteiger partial charge in [-0.05, 0) is 38.5 Å². The maximum absolute atomic E-state index is 14.8. The van der Waals surface area contributed by atoms with Gasteiger partial charge in [0.2, 0.25) is 0 Å². The largest absolute Gasteiger partial charge is 0.477 e. The molecule has 142 valence electrons. The number of rotatable bonds is 3. The Balaban J connectivity index is 2.10. The molecule has 4 aromatic rings. The average molecular weight is 396 g/mol. The fourth-order valence-electron chi connectivity index (χ4n) is 3.43. The van der Waals surface area contributed by atoms with Crippen molar-refractivity contribution in [3.05, 3.63) is 79.9 Å². The van der Waals surface area contributed by atoms with Gasteiger partial charge in [-0.2, -0.15) is 8.97 Å². The Bertz CT molecular complexity index is 1280. The molecule has 5 nitrogen and oxygen atoms in total. The number of pyridine rings is 1. The molecule has 7 heteroatoms. The minimum atomic E-state index is -0.511. The first-order valence-corrected chi connectivity index (χ1v) is 9.63. The second-order valence-electron chi connectivity index (χ2n) is 6.76. The number of halogens is 1. The monoisotopic (exact) mass is 396 g/mol. The molecule has 0 saturated carbocycles. The van der Waals surface area contributed by atoms with Crippen LogP contribution in [0.15, 0.2) is 47.5 Å². The number of aromatic nitrogens is 3. The lowest BCUT2D eigenvalue weighted by molar-refractivity contribution is -0.671. The molecule has 0 amide bonds. The van der Waals surface area contributed by atoms with Crippen molar-refractivity contribution >= 4 is 17.0 Å². The lowest BCUT2D eigenvalue weighted by Crippen LogP contribution is -2.41. The number of aromatic hydroxyl groups is 1. The molecule has 0 aliphatic heterocycles. The summed E-state index contributed by atoms with van der Waals surface area (Å²) in [5.41, 5.74) is 1.38. The van der Waals surface area contributed by atoms with Gasteiger partial charge >= 0.3 is 5.56 Å². The van der Waals surface area contributed by atoms with Crippen molar-refractivity contribution in [3.63, 3.8) is 0 Å². The van der Waals surface area contributed by atoms with Crippen LogP contribution in [0.4, 0.5) is 4.39 Å². The summed E-state index contributed by atoms with van der Waals surface area (Å²) in [6.07, 6.45) is 3.38. The molecule has 0 atom stereocenters. The van der Waals surface area contributed by atoms with Crippen LogP contribution in [0.3, 0.4) is 0 Å². The predicted molar refractivity (Wildman–Crippen MR) is 106 cm³/mol. The molecule has 0 aliphatic carbocycles. The molecule has 0 aliphatic rings. The normalized spacial score (nSPS) is 11.3. The molecule has 0 fully saturated rings. The minimum absolute atomic E-state index is 0.0504. The van der Waals surface area contributed by atoms with Crippen LogP contribution < -0.4 is 10.1 Å². The Morgan fingerprint density at radius 1 is 1.18 bits per heavy atom. The highest BCUT2D eigenvalue weighted by Gasteiger charge is 2.28. The first-order valence-electron chi connectivity index (χ1n) is 8.82. The second-order valence-corrected chi connectivity index (χ2v) is 8.08. The molecular weight excluding hydrogens is 377 g/mol. The Labute approximate surface area is 165 Å². The van der Waals surface area contributed by atoms with Crippen LogP contribution in [0, 0.1) is 26.6 Å². The number of hydrogen-bond donors (Lipinski definition) is 1. The van der Waals surface area contributed by atoms with Crippen LogP contribution in [0.1, 0.15) is 21.0 Å². The van der Waals surface area contributed by atoms with Crippen LogP contribution >= 0.6 is 11.3 Å². The average Bonchev–Trinajstić information content (AvgIpc) is 3.07. The lowest BCUT2D eigenvalue weighted by atomic mass is 10.0. The molecule has 3 heterocycles. The van der Waals surface area contributed by atoms with Crippen LogP contribution in [0.5, 0.6) is 5.88 Å². The molecule has 0 radical (unpaired) electrons. The zero-order valence-electron chi connectivity index (χ0n) is 15.7. The van der Waals surface area contributed by atoms with Gasteiger partial charge in [0.25, 0.3) is 11.5 Å². The van der Waals surface area contributed by atoms with Crippen molar-refractivity contribution in [2.24, 2.45) is 0 Å². The summed E-state index contributed by atoms with van der Waals surface area (Å²) < 4.78 is 17.9. The van der Waals surface area contributed by atoms with Crippen LogP contribution in [-0.4, -0.2) is 14.5 Å². The van der Waals surface area contributed by atoms with E-state index in [1.54, 1.807) is 42.1 Å². The van der Waals surface area contributed by atoms with E-state index in [2.05, 4.69) is 4.98 Å². The van der Waals surface area contributed by atoms with Gasteiger partial charge in [-0.25, -0.2) is 14.2 Å². The van der Waals surface area contributed by atoms with Gasteiger partial charge in [0.15, 0.2) is 5.56 Å². The van der Waals surface area contributed by atoms with Crippen molar-refractivity contribution in [2.75, 3.05) is 0 Å². The summed E-state index contributed by atoms with van der Waals surface area (Å²) in [7, 11) is 0. The van der Waals surface area contributed by atoms with Gasteiger partial charge < -0.3 is 5.11 Å². The molecule has 1 N–H and O–H groups in total. The molecule has 3 aromatic heterocycles. The third-order valence-corrected chi connectivity index (χ3v) is 5.67. The van der Waals surface area contributed by atoms with Gasteiger partial charge in [0, 0.05) is 17.3 Å². The Kier molecular flexibility index (Phi) is 4.47. The van der Waals surface area contributed by atoms with Crippen LogP contribution in [-0.2, 0) is 6.54 Å². The van der Waals surface area contributed by atoms with Crippen molar-refractivity contribution in [1.29, 1.82) is 0 Å². The summed E-state index contributed by atoms with van der Waals surface area (Å²) >= 11 is 1.51. The summed E-state index contributed by atoms with van der Waals surface area (Å²) in [5.74, 6) is -0.766. The Morgan fingerprint density at radius 2 is 1.93 bits per heavy atom. The van der Waals surface area contributed by atoms with E-state index < -0.39 is 11.4 Å². The molecule has 1 aromatic carbocycles. The van der Waals surface area contributed by atoms with E-state index in [0.717, 1.165) is 15.4 Å². The van der Waals surface area contributed by atoms with Gasteiger partial charge in [0.1, 0.15) is 12.4 Å². The zero-order chi connectivity index (χ0) is 20.0. The summed E-state index contributed by atoms with van der Waals surface area (Å²) in [6.45, 7) is 5.74. The molecule has 0 unspecified atom stereocenters.